The van der Waals surface area contributed by atoms with Gasteiger partial charge in [0.15, 0.2) is 0 Å². The van der Waals surface area contributed by atoms with Gasteiger partial charge in [-0.05, 0) is 12.8 Å². The minimum atomic E-state index is 0. The molecular formula is C7H11Cl3NPt+. The standard InChI is InChI=1S/C7H11N.3ClH.Pt/c8-6-7-4-2-1-3-5-7;;;;/h7H,1-5H2;3*1H;/q;;;;+4/p-3. The van der Waals surface area contributed by atoms with Gasteiger partial charge in [-0.2, -0.15) is 5.26 Å². The van der Waals surface area contributed by atoms with Gasteiger partial charge in [0.2, 0.25) is 0 Å². The van der Waals surface area contributed by atoms with Crippen molar-refractivity contribution in [1.29, 1.82) is 5.26 Å². The largest absolute Gasteiger partial charge is 4.00 e. The number of hydrogen-bond acceptors (Lipinski definition) is 1. The van der Waals surface area contributed by atoms with Crippen molar-refractivity contribution >= 4 is 0 Å². The van der Waals surface area contributed by atoms with Crippen LogP contribution in [0.5, 0.6) is 0 Å². The van der Waals surface area contributed by atoms with Gasteiger partial charge in [-0.25, -0.2) is 0 Å². The summed E-state index contributed by atoms with van der Waals surface area (Å²) in [6.07, 6.45) is 6.20. The number of hydrogen-bond donors (Lipinski definition) is 0. The molecular weight excluding hydrogens is 400 g/mol. The molecule has 1 aliphatic carbocycles. The third-order valence-corrected chi connectivity index (χ3v) is 1.79. The van der Waals surface area contributed by atoms with Crippen molar-refractivity contribution in [2.24, 2.45) is 5.92 Å². The molecule has 0 spiro atoms. The van der Waals surface area contributed by atoms with Gasteiger partial charge in [0.05, 0.1) is 6.07 Å². The van der Waals surface area contributed by atoms with E-state index in [0.717, 1.165) is 12.8 Å². The van der Waals surface area contributed by atoms with Crippen LogP contribution in [-0.4, -0.2) is 0 Å². The second kappa shape index (κ2) is 14.6. The van der Waals surface area contributed by atoms with Crippen LogP contribution in [0, 0.1) is 17.2 Å². The van der Waals surface area contributed by atoms with Crippen LogP contribution in [0.25, 0.3) is 0 Å². The van der Waals surface area contributed by atoms with Crippen LogP contribution < -0.4 is 37.2 Å². The molecule has 0 atom stereocenters. The van der Waals surface area contributed by atoms with E-state index in [4.69, 9.17) is 5.26 Å². The summed E-state index contributed by atoms with van der Waals surface area (Å²) in [5.41, 5.74) is 0. The fraction of sp³-hybridized carbons (Fsp3) is 0.857. The fourth-order valence-electron chi connectivity index (χ4n) is 1.23. The maximum atomic E-state index is 8.44. The summed E-state index contributed by atoms with van der Waals surface area (Å²) in [5, 5.41) is 8.44. The van der Waals surface area contributed by atoms with Crippen LogP contribution in [0.4, 0.5) is 0 Å². The van der Waals surface area contributed by atoms with Crippen LogP contribution in [0.15, 0.2) is 0 Å². The van der Waals surface area contributed by atoms with Gasteiger partial charge in [0.25, 0.3) is 0 Å². The predicted molar refractivity (Wildman–Crippen MR) is 32.2 cm³/mol. The molecule has 0 aromatic carbocycles. The Labute approximate surface area is 107 Å². The summed E-state index contributed by atoms with van der Waals surface area (Å²) in [6, 6.07) is 2.30. The van der Waals surface area contributed by atoms with Crippen molar-refractivity contribution in [2.45, 2.75) is 32.1 Å². The molecule has 0 amide bonds. The van der Waals surface area contributed by atoms with Gasteiger partial charge in [-0.1, -0.05) is 19.3 Å². The Bertz CT molecular complexity index is 110. The normalized spacial score (nSPS) is 14.9. The Hall–Kier alpha value is 1.05. The molecule has 1 nitrogen and oxygen atoms in total. The van der Waals surface area contributed by atoms with Gasteiger partial charge in [0.1, 0.15) is 0 Å². The van der Waals surface area contributed by atoms with Crippen LogP contribution >= 0.6 is 0 Å². The van der Waals surface area contributed by atoms with Gasteiger partial charge in [-0.3, -0.25) is 0 Å². The van der Waals surface area contributed by atoms with Crippen molar-refractivity contribution in [2.75, 3.05) is 0 Å². The van der Waals surface area contributed by atoms with E-state index in [1.54, 1.807) is 0 Å². The minimum absolute atomic E-state index is 0. The minimum Gasteiger partial charge on any atom is -1.00 e. The van der Waals surface area contributed by atoms with Gasteiger partial charge >= 0.3 is 21.1 Å². The van der Waals surface area contributed by atoms with Gasteiger partial charge in [-0.15, -0.1) is 0 Å². The molecule has 1 rings (SSSR count). The first-order chi connectivity index (χ1) is 3.93. The van der Waals surface area contributed by atoms with Crippen molar-refractivity contribution in [3.8, 4) is 6.07 Å². The molecule has 0 N–H and O–H groups in total. The van der Waals surface area contributed by atoms with Crippen LogP contribution in [-0.2, 0) is 21.1 Å². The maximum Gasteiger partial charge on any atom is 4.00 e. The van der Waals surface area contributed by atoms with Crippen LogP contribution in [0.1, 0.15) is 32.1 Å². The number of nitrogens with zero attached hydrogens (tertiary/aromatic N) is 1. The molecule has 0 unspecified atom stereocenters. The number of rotatable bonds is 0. The molecule has 1 fully saturated rings. The van der Waals surface area contributed by atoms with E-state index in [1.807, 2.05) is 0 Å². The average Bonchev–Trinajstić information content (AvgIpc) is 1.90. The van der Waals surface area contributed by atoms with E-state index < -0.39 is 0 Å². The molecule has 0 aromatic heterocycles. The average molecular weight is 411 g/mol. The molecule has 0 bridgehead atoms. The van der Waals surface area contributed by atoms with E-state index in [1.165, 1.54) is 19.3 Å². The second-order valence-electron chi connectivity index (χ2n) is 2.46. The Morgan fingerprint density at radius 1 is 0.917 bits per heavy atom. The molecule has 0 aliphatic heterocycles. The summed E-state index contributed by atoms with van der Waals surface area (Å²) in [5.74, 6) is 0.392. The third-order valence-electron chi connectivity index (χ3n) is 1.79. The van der Waals surface area contributed by atoms with Crippen molar-refractivity contribution in [1.82, 2.24) is 0 Å². The molecule has 74 valence electrons. The summed E-state index contributed by atoms with van der Waals surface area (Å²) in [7, 11) is 0. The van der Waals surface area contributed by atoms with Crippen molar-refractivity contribution < 1.29 is 58.3 Å². The fourth-order valence-corrected chi connectivity index (χ4v) is 1.23. The van der Waals surface area contributed by atoms with Crippen LogP contribution in [0.2, 0.25) is 0 Å². The summed E-state index contributed by atoms with van der Waals surface area (Å²) >= 11 is 0. The second-order valence-corrected chi connectivity index (χ2v) is 2.46. The summed E-state index contributed by atoms with van der Waals surface area (Å²) in [6.45, 7) is 0. The van der Waals surface area contributed by atoms with E-state index in [-0.39, 0.29) is 58.3 Å². The Morgan fingerprint density at radius 2 is 1.33 bits per heavy atom. The number of halogens is 3. The summed E-state index contributed by atoms with van der Waals surface area (Å²) < 4.78 is 0. The van der Waals surface area contributed by atoms with E-state index in [2.05, 4.69) is 6.07 Å². The maximum absolute atomic E-state index is 8.44. The topological polar surface area (TPSA) is 23.8 Å². The molecule has 0 radical (unpaired) electrons. The first kappa shape index (κ1) is 23.1. The molecule has 0 heterocycles. The van der Waals surface area contributed by atoms with Crippen LogP contribution in [0.3, 0.4) is 0 Å². The molecule has 0 saturated heterocycles. The number of nitriles is 1. The SMILES string of the molecule is N#CC1CCCCC1.[Cl-].[Cl-].[Cl-].[Pt+4]. The third kappa shape index (κ3) is 9.14. The van der Waals surface area contributed by atoms with Gasteiger partial charge < -0.3 is 37.2 Å². The first-order valence-corrected chi connectivity index (χ1v) is 3.33. The first-order valence-electron chi connectivity index (χ1n) is 3.33. The molecule has 0 aromatic rings. The van der Waals surface area contributed by atoms with E-state index in [9.17, 15) is 0 Å². The Morgan fingerprint density at radius 3 is 1.58 bits per heavy atom. The zero-order valence-electron chi connectivity index (χ0n) is 6.51. The molecule has 1 aliphatic rings. The molecule has 1 saturated carbocycles. The summed E-state index contributed by atoms with van der Waals surface area (Å²) in [4.78, 5) is 0. The molecule has 5 heteroatoms. The van der Waals surface area contributed by atoms with Gasteiger partial charge in [0, 0.05) is 5.92 Å². The smallest absolute Gasteiger partial charge is 1.00 e. The molecule has 12 heavy (non-hydrogen) atoms. The Balaban J connectivity index is -0.0000000800. The monoisotopic (exact) mass is 409 g/mol. The predicted octanol–water partition coefficient (Wildman–Crippen LogP) is -6.90. The zero-order valence-corrected chi connectivity index (χ0v) is 11.1. The zero-order chi connectivity index (χ0) is 5.82. The van der Waals surface area contributed by atoms with Crippen molar-refractivity contribution in [3.63, 3.8) is 0 Å². The van der Waals surface area contributed by atoms with E-state index in [0.29, 0.717) is 5.92 Å². The quantitative estimate of drug-likeness (QED) is 0.390. The Kier molecular flexibility index (Phi) is 28.1. The van der Waals surface area contributed by atoms with E-state index >= 15 is 0 Å². The van der Waals surface area contributed by atoms with Crippen molar-refractivity contribution in [3.05, 3.63) is 0 Å².